The van der Waals surface area contributed by atoms with Crippen LogP contribution in [0.25, 0.3) is 0 Å². The third-order valence-electron chi connectivity index (χ3n) is 3.10. The zero-order chi connectivity index (χ0) is 12.8. The van der Waals surface area contributed by atoms with Crippen molar-refractivity contribution in [2.75, 3.05) is 11.9 Å². The molecule has 2 N–H and O–H groups in total. The Hall–Kier alpha value is -1.13. The first-order chi connectivity index (χ1) is 8.75. The Morgan fingerprint density at radius 2 is 2.39 bits per heavy atom. The monoisotopic (exact) mass is 264 g/mol. The Balaban J connectivity index is 1.72. The number of carbonyl (C=O) groups is 1. The highest BCUT2D eigenvalue weighted by Crippen LogP contribution is 2.22. The molecule has 1 amide bonds. The van der Waals surface area contributed by atoms with Gasteiger partial charge in [-0.15, -0.1) is 11.3 Å². The largest absolute Gasteiger partial charge is 0.325 e. The quantitative estimate of drug-likeness (QED) is 0.611. The number of hydrogen-bond donors (Lipinski definition) is 2. The van der Waals surface area contributed by atoms with Crippen LogP contribution in [0.3, 0.4) is 0 Å². The van der Waals surface area contributed by atoms with Crippen LogP contribution < -0.4 is 10.6 Å². The lowest BCUT2D eigenvalue weighted by molar-refractivity contribution is -0.114. The summed E-state index contributed by atoms with van der Waals surface area (Å²) in [6, 6.07) is 1.96. The van der Waals surface area contributed by atoms with Crippen LogP contribution in [0.15, 0.2) is 23.1 Å². The highest BCUT2D eigenvalue weighted by atomic mass is 32.1. The molecule has 1 heterocycles. The molecule has 1 aromatic heterocycles. The summed E-state index contributed by atoms with van der Waals surface area (Å²) in [5.74, 6) is -0.00855. The van der Waals surface area contributed by atoms with Gasteiger partial charge in [-0.05, 0) is 43.7 Å². The maximum Gasteiger partial charge on any atom is 0.221 e. The van der Waals surface area contributed by atoms with Crippen LogP contribution in [0.5, 0.6) is 0 Å². The van der Waals surface area contributed by atoms with E-state index < -0.39 is 0 Å². The number of hydrogen-bond acceptors (Lipinski definition) is 3. The lowest BCUT2D eigenvalue weighted by Crippen LogP contribution is -2.16. The Labute approximate surface area is 112 Å². The van der Waals surface area contributed by atoms with Gasteiger partial charge in [0.15, 0.2) is 0 Å². The van der Waals surface area contributed by atoms with Crippen molar-refractivity contribution in [3.63, 3.8) is 0 Å². The Bertz CT molecular complexity index is 437. The van der Waals surface area contributed by atoms with Gasteiger partial charge in [-0.1, -0.05) is 11.6 Å². The van der Waals surface area contributed by atoms with E-state index in [0.717, 1.165) is 25.2 Å². The van der Waals surface area contributed by atoms with Crippen molar-refractivity contribution in [1.29, 1.82) is 0 Å². The van der Waals surface area contributed by atoms with Crippen LogP contribution >= 0.6 is 11.3 Å². The number of anilines is 1. The van der Waals surface area contributed by atoms with E-state index in [4.69, 9.17) is 0 Å². The molecule has 0 aromatic carbocycles. The molecule has 1 aromatic rings. The summed E-state index contributed by atoms with van der Waals surface area (Å²) in [5, 5.41) is 8.32. The van der Waals surface area contributed by atoms with Crippen LogP contribution in [-0.4, -0.2) is 12.5 Å². The highest BCUT2D eigenvalue weighted by molar-refractivity contribution is 7.10. The van der Waals surface area contributed by atoms with Crippen LogP contribution in [-0.2, 0) is 11.3 Å². The number of amides is 1. The average Bonchev–Trinajstić information content (AvgIpc) is 2.95. The molecule has 0 unspecified atom stereocenters. The van der Waals surface area contributed by atoms with E-state index in [2.05, 4.69) is 16.7 Å². The van der Waals surface area contributed by atoms with Gasteiger partial charge in [-0.25, -0.2) is 0 Å². The van der Waals surface area contributed by atoms with Crippen LogP contribution in [0.1, 0.15) is 37.5 Å². The van der Waals surface area contributed by atoms with Crippen molar-refractivity contribution >= 4 is 22.9 Å². The molecule has 0 aliphatic heterocycles. The molecule has 0 bridgehead atoms. The molecule has 0 radical (unpaired) electrons. The van der Waals surface area contributed by atoms with E-state index in [1.54, 1.807) is 23.8 Å². The van der Waals surface area contributed by atoms with Crippen LogP contribution in [0.2, 0.25) is 0 Å². The predicted molar refractivity (Wildman–Crippen MR) is 76.9 cm³/mol. The Kier molecular flexibility index (Phi) is 4.96. The Morgan fingerprint density at radius 3 is 3.11 bits per heavy atom. The predicted octanol–water partition coefficient (Wildman–Crippen LogP) is 3.30. The Morgan fingerprint density at radius 1 is 1.50 bits per heavy atom. The molecule has 1 aliphatic rings. The molecular formula is C14H20N2OS. The molecule has 0 spiro atoms. The molecule has 4 heteroatoms. The number of carbonyl (C=O) groups excluding carboxylic acids is 1. The second-order valence-corrected chi connectivity index (χ2v) is 5.62. The van der Waals surface area contributed by atoms with Crippen molar-refractivity contribution < 1.29 is 4.79 Å². The van der Waals surface area contributed by atoms with Gasteiger partial charge < -0.3 is 10.6 Å². The fraction of sp³-hybridized carbons (Fsp3) is 0.500. The fourth-order valence-corrected chi connectivity index (χ4v) is 2.99. The highest BCUT2D eigenvalue weighted by Gasteiger charge is 2.06. The van der Waals surface area contributed by atoms with E-state index >= 15 is 0 Å². The molecule has 2 rings (SSSR count). The summed E-state index contributed by atoms with van der Waals surface area (Å²) in [6.45, 7) is 3.39. The zero-order valence-electron chi connectivity index (χ0n) is 10.8. The molecular weight excluding hydrogens is 244 g/mol. The number of thiophene rings is 1. The van der Waals surface area contributed by atoms with Gasteiger partial charge in [0.25, 0.3) is 0 Å². The summed E-state index contributed by atoms with van der Waals surface area (Å²) < 4.78 is 0. The lowest BCUT2D eigenvalue weighted by atomic mass is 10.2. The van der Waals surface area contributed by atoms with Crippen LogP contribution in [0.4, 0.5) is 5.69 Å². The third kappa shape index (κ3) is 3.96. The van der Waals surface area contributed by atoms with Gasteiger partial charge in [0.1, 0.15) is 0 Å². The number of rotatable bonds is 6. The maximum absolute atomic E-state index is 11.0. The molecule has 3 nitrogen and oxygen atoms in total. The van der Waals surface area contributed by atoms with Crippen molar-refractivity contribution in [2.45, 2.75) is 39.2 Å². The smallest absolute Gasteiger partial charge is 0.221 e. The molecule has 0 saturated heterocycles. The molecule has 0 saturated carbocycles. The minimum atomic E-state index is -0.00855. The third-order valence-corrected chi connectivity index (χ3v) is 4.02. The SMILES string of the molecule is CC(=O)Nc1ccsc1CNCCC1=CCCC1. The van der Waals surface area contributed by atoms with Crippen molar-refractivity contribution in [3.8, 4) is 0 Å². The second kappa shape index (κ2) is 6.71. The van der Waals surface area contributed by atoms with E-state index in [1.807, 2.05) is 11.4 Å². The number of allylic oxidation sites excluding steroid dienone is 1. The van der Waals surface area contributed by atoms with E-state index in [-0.39, 0.29) is 5.91 Å². The van der Waals surface area contributed by atoms with Gasteiger partial charge in [-0.2, -0.15) is 0 Å². The average molecular weight is 264 g/mol. The first kappa shape index (κ1) is 13.3. The summed E-state index contributed by atoms with van der Waals surface area (Å²) in [7, 11) is 0. The van der Waals surface area contributed by atoms with Crippen LogP contribution in [0, 0.1) is 0 Å². The maximum atomic E-state index is 11.0. The lowest BCUT2D eigenvalue weighted by Gasteiger charge is -2.07. The van der Waals surface area contributed by atoms with Gasteiger partial charge in [0.2, 0.25) is 5.91 Å². The van der Waals surface area contributed by atoms with E-state index in [1.165, 1.54) is 24.1 Å². The first-order valence-electron chi connectivity index (χ1n) is 6.48. The minimum absolute atomic E-state index is 0.00855. The number of nitrogens with one attached hydrogen (secondary N) is 2. The molecule has 98 valence electrons. The summed E-state index contributed by atoms with van der Waals surface area (Å²) >= 11 is 1.68. The van der Waals surface area contributed by atoms with Gasteiger partial charge in [-0.3, -0.25) is 4.79 Å². The minimum Gasteiger partial charge on any atom is -0.325 e. The van der Waals surface area contributed by atoms with Gasteiger partial charge in [0.05, 0.1) is 5.69 Å². The van der Waals surface area contributed by atoms with Gasteiger partial charge in [0, 0.05) is 18.3 Å². The normalized spacial score (nSPS) is 14.6. The summed E-state index contributed by atoms with van der Waals surface area (Å²) in [5.41, 5.74) is 2.54. The van der Waals surface area contributed by atoms with Crippen molar-refractivity contribution in [2.24, 2.45) is 0 Å². The molecule has 0 atom stereocenters. The van der Waals surface area contributed by atoms with Crippen molar-refractivity contribution in [3.05, 3.63) is 28.0 Å². The fourth-order valence-electron chi connectivity index (χ4n) is 2.19. The topological polar surface area (TPSA) is 41.1 Å². The molecule has 18 heavy (non-hydrogen) atoms. The van der Waals surface area contributed by atoms with E-state index in [0.29, 0.717) is 0 Å². The standard InChI is InChI=1S/C14H20N2OS/c1-11(17)16-13-7-9-18-14(13)10-15-8-6-12-4-2-3-5-12/h4,7,9,15H,2-3,5-6,8,10H2,1H3,(H,16,17). The zero-order valence-corrected chi connectivity index (χ0v) is 11.6. The second-order valence-electron chi connectivity index (χ2n) is 4.62. The van der Waals surface area contributed by atoms with Crippen molar-refractivity contribution in [1.82, 2.24) is 5.32 Å². The molecule has 0 fully saturated rings. The molecule has 1 aliphatic carbocycles. The van der Waals surface area contributed by atoms with E-state index in [9.17, 15) is 4.79 Å². The summed E-state index contributed by atoms with van der Waals surface area (Å²) in [6.07, 6.45) is 7.38. The first-order valence-corrected chi connectivity index (χ1v) is 7.36. The van der Waals surface area contributed by atoms with Gasteiger partial charge >= 0.3 is 0 Å². The summed E-state index contributed by atoms with van der Waals surface area (Å²) in [4.78, 5) is 12.2.